The Morgan fingerprint density at radius 2 is 1.94 bits per heavy atom. The van der Waals surface area contributed by atoms with Crippen LogP contribution in [0, 0.1) is 11.8 Å². The summed E-state index contributed by atoms with van der Waals surface area (Å²) in [5, 5.41) is 9.17. The van der Waals surface area contributed by atoms with Gasteiger partial charge >= 0.3 is 5.97 Å². The van der Waals surface area contributed by atoms with E-state index in [0.29, 0.717) is 5.92 Å². The molecule has 16 heavy (non-hydrogen) atoms. The third kappa shape index (κ3) is 1.41. The number of aliphatic carboxylic acids is 1. The molecule has 2 saturated carbocycles. The Kier molecular flexibility index (Phi) is 2.15. The van der Waals surface area contributed by atoms with Crippen molar-refractivity contribution in [2.45, 2.75) is 24.7 Å². The summed E-state index contributed by atoms with van der Waals surface area (Å²) in [6.45, 7) is 0. The maximum Gasteiger partial charge on any atom is 0.307 e. The molecule has 2 atom stereocenters. The fourth-order valence-corrected chi connectivity index (χ4v) is 3.22. The van der Waals surface area contributed by atoms with E-state index in [9.17, 15) is 9.90 Å². The Balaban J connectivity index is 1.96. The van der Waals surface area contributed by atoms with Crippen molar-refractivity contribution >= 4 is 21.9 Å². The van der Waals surface area contributed by atoms with E-state index in [1.165, 1.54) is 18.4 Å². The van der Waals surface area contributed by atoms with Gasteiger partial charge in [-0.1, -0.05) is 28.1 Å². The van der Waals surface area contributed by atoms with Crippen LogP contribution in [0.25, 0.3) is 0 Å². The van der Waals surface area contributed by atoms with Gasteiger partial charge < -0.3 is 5.11 Å². The van der Waals surface area contributed by atoms with Gasteiger partial charge in [0.25, 0.3) is 0 Å². The summed E-state index contributed by atoms with van der Waals surface area (Å²) in [7, 11) is 0. The second kappa shape index (κ2) is 3.33. The van der Waals surface area contributed by atoms with Gasteiger partial charge in [-0.2, -0.15) is 0 Å². The zero-order chi connectivity index (χ0) is 11.3. The SMILES string of the molecule is O=C(O)[C@@H]1CC1(c1ccc(Br)cc1)C1CC1. The first-order valence-electron chi connectivity index (χ1n) is 5.63. The summed E-state index contributed by atoms with van der Waals surface area (Å²) in [5.74, 6) is -0.175. The maximum atomic E-state index is 11.1. The van der Waals surface area contributed by atoms with Gasteiger partial charge in [0.15, 0.2) is 0 Å². The Morgan fingerprint density at radius 3 is 2.38 bits per heavy atom. The second-order valence-corrected chi connectivity index (χ2v) is 5.83. The Morgan fingerprint density at radius 1 is 1.31 bits per heavy atom. The fraction of sp³-hybridized carbons (Fsp3) is 0.462. The molecule has 2 aliphatic rings. The largest absolute Gasteiger partial charge is 0.481 e. The fourth-order valence-electron chi connectivity index (χ4n) is 2.95. The Labute approximate surface area is 103 Å². The number of carboxylic acid groups (broad SMARTS) is 1. The monoisotopic (exact) mass is 280 g/mol. The lowest BCUT2D eigenvalue weighted by Crippen LogP contribution is -2.17. The van der Waals surface area contributed by atoms with Crippen LogP contribution in [0.2, 0.25) is 0 Å². The van der Waals surface area contributed by atoms with E-state index in [-0.39, 0.29) is 11.3 Å². The van der Waals surface area contributed by atoms with E-state index in [2.05, 4.69) is 28.1 Å². The van der Waals surface area contributed by atoms with Crippen LogP contribution < -0.4 is 0 Å². The topological polar surface area (TPSA) is 37.3 Å². The first kappa shape index (κ1) is 10.3. The van der Waals surface area contributed by atoms with Crippen LogP contribution in [0.4, 0.5) is 0 Å². The first-order valence-corrected chi connectivity index (χ1v) is 6.43. The molecule has 1 aromatic rings. The summed E-state index contributed by atoms with van der Waals surface area (Å²) in [5.41, 5.74) is 1.18. The molecule has 3 rings (SSSR count). The molecule has 1 unspecified atom stereocenters. The average Bonchev–Trinajstić information content (AvgIpc) is 3.12. The van der Waals surface area contributed by atoms with Gasteiger partial charge in [0.2, 0.25) is 0 Å². The lowest BCUT2D eigenvalue weighted by molar-refractivity contribution is -0.139. The number of halogens is 1. The third-order valence-corrected chi connectivity index (χ3v) is 4.52. The molecule has 2 fully saturated rings. The van der Waals surface area contributed by atoms with E-state index in [1.54, 1.807) is 0 Å². The third-order valence-electron chi connectivity index (χ3n) is 3.99. The van der Waals surface area contributed by atoms with E-state index in [1.807, 2.05) is 12.1 Å². The molecule has 2 aliphatic carbocycles. The number of hydrogen-bond acceptors (Lipinski definition) is 1. The molecule has 84 valence electrons. The molecule has 2 nitrogen and oxygen atoms in total. The van der Waals surface area contributed by atoms with E-state index in [4.69, 9.17) is 0 Å². The highest BCUT2D eigenvalue weighted by Crippen LogP contribution is 2.66. The highest BCUT2D eigenvalue weighted by molar-refractivity contribution is 9.10. The van der Waals surface area contributed by atoms with Crippen molar-refractivity contribution in [2.24, 2.45) is 11.8 Å². The molecule has 3 heteroatoms. The van der Waals surface area contributed by atoms with Crippen molar-refractivity contribution in [2.75, 3.05) is 0 Å². The normalized spacial score (nSPS) is 32.4. The Bertz CT molecular complexity index is 436. The van der Waals surface area contributed by atoms with Gasteiger partial charge in [0, 0.05) is 9.89 Å². The number of hydrogen-bond donors (Lipinski definition) is 1. The molecule has 1 N–H and O–H groups in total. The summed E-state index contributed by atoms with van der Waals surface area (Å²) in [6, 6.07) is 8.17. The minimum atomic E-state index is -0.630. The zero-order valence-electron chi connectivity index (χ0n) is 8.82. The predicted molar refractivity (Wildman–Crippen MR) is 64.3 cm³/mol. The van der Waals surface area contributed by atoms with E-state index < -0.39 is 5.97 Å². The highest BCUT2D eigenvalue weighted by atomic mass is 79.9. The van der Waals surface area contributed by atoms with Crippen LogP contribution in [0.15, 0.2) is 28.7 Å². The van der Waals surface area contributed by atoms with Crippen molar-refractivity contribution in [3.63, 3.8) is 0 Å². The van der Waals surface area contributed by atoms with Gasteiger partial charge in [-0.25, -0.2) is 0 Å². The smallest absolute Gasteiger partial charge is 0.307 e. The molecule has 0 aliphatic heterocycles. The lowest BCUT2D eigenvalue weighted by Gasteiger charge is -2.16. The molecular weight excluding hydrogens is 268 g/mol. The van der Waals surface area contributed by atoms with Gasteiger partial charge in [0.1, 0.15) is 0 Å². The van der Waals surface area contributed by atoms with Crippen LogP contribution in [0.5, 0.6) is 0 Å². The lowest BCUT2D eigenvalue weighted by atomic mass is 9.88. The van der Waals surface area contributed by atoms with Gasteiger partial charge in [-0.05, 0) is 42.9 Å². The van der Waals surface area contributed by atoms with Crippen LogP contribution in [0.1, 0.15) is 24.8 Å². The molecule has 0 heterocycles. The molecule has 1 aromatic carbocycles. The van der Waals surface area contributed by atoms with Gasteiger partial charge in [-0.3, -0.25) is 4.79 Å². The standard InChI is InChI=1S/C13H13BrO2/c14-10-5-3-9(4-6-10)13(8-1-2-8)7-11(13)12(15)16/h3-6,8,11H,1-2,7H2,(H,15,16)/t11-,13?/m0/s1. The first-order chi connectivity index (χ1) is 7.64. The van der Waals surface area contributed by atoms with Gasteiger partial charge in [0.05, 0.1) is 5.92 Å². The number of carbonyl (C=O) groups is 1. The molecular formula is C13H13BrO2. The van der Waals surface area contributed by atoms with Crippen LogP contribution in [0.3, 0.4) is 0 Å². The second-order valence-electron chi connectivity index (χ2n) is 4.92. The minimum absolute atomic E-state index is 0.0352. The van der Waals surface area contributed by atoms with E-state index in [0.717, 1.165) is 10.9 Å². The van der Waals surface area contributed by atoms with Crippen molar-refractivity contribution < 1.29 is 9.90 Å². The minimum Gasteiger partial charge on any atom is -0.481 e. The molecule has 0 radical (unpaired) electrons. The number of benzene rings is 1. The highest BCUT2D eigenvalue weighted by Gasteiger charge is 2.66. The molecule has 0 aromatic heterocycles. The summed E-state index contributed by atoms with van der Waals surface area (Å²) >= 11 is 3.41. The van der Waals surface area contributed by atoms with Crippen molar-refractivity contribution in [1.82, 2.24) is 0 Å². The Hall–Kier alpha value is -0.830. The molecule has 0 saturated heterocycles. The van der Waals surface area contributed by atoms with Crippen LogP contribution in [-0.4, -0.2) is 11.1 Å². The van der Waals surface area contributed by atoms with Crippen molar-refractivity contribution in [3.8, 4) is 0 Å². The maximum absolute atomic E-state index is 11.1. The quantitative estimate of drug-likeness (QED) is 0.923. The summed E-state index contributed by atoms with van der Waals surface area (Å²) < 4.78 is 1.05. The van der Waals surface area contributed by atoms with E-state index >= 15 is 0 Å². The summed E-state index contributed by atoms with van der Waals surface area (Å²) in [4.78, 5) is 11.1. The molecule has 0 amide bonds. The van der Waals surface area contributed by atoms with Crippen molar-refractivity contribution in [3.05, 3.63) is 34.3 Å². The number of carboxylic acids is 1. The van der Waals surface area contributed by atoms with Crippen molar-refractivity contribution in [1.29, 1.82) is 0 Å². The van der Waals surface area contributed by atoms with Crippen LogP contribution >= 0.6 is 15.9 Å². The van der Waals surface area contributed by atoms with Crippen LogP contribution in [-0.2, 0) is 10.2 Å². The molecule has 0 spiro atoms. The zero-order valence-corrected chi connectivity index (χ0v) is 10.4. The number of rotatable bonds is 3. The van der Waals surface area contributed by atoms with Gasteiger partial charge in [-0.15, -0.1) is 0 Å². The summed E-state index contributed by atoms with van der Waals surface area (Å²) in [6.07, 6.45) is 3.22. The molecule has 0 bridgehead atoms. The predicted octanol–water partition coefficient (Wildman–Crippen LogP) is 3.20. The average molecular weight is 281 g/mol.